The highest BCUT2D eigenvalue weighted by molar-refractivity contribution is 7.91. The molecule has 4 unspecified atom stereocenters. The van der Waals surface area contributed by atoms with Crippen molar-refractivity contribution >= 4 is 23.7 Å². The van der Waals surface area contributed by atoms with Crippen LogP contribution in [0.2, 0.25) is 0 Å². The first-order chi connectivity index (χ1) is 8.30. The van der Waals surface area contributed by atoms with Crippen LogP contribution in [0.4, 0.5) is 4.79 Å². The van der Waals surface area contributed by atoms with E-state index in [0.29, 0.717) is 5.92 Å². The molecule has 18 heavy (non-hydrogen) atoms. The fraction of sp³-hybridized carbons (Fsp3) is 0.833. The molecule has 1 aliphatic carbocycles. The van der Waals surface area contributed by atoms with Gasteiger partial charge in [0.1, 0.15) is 16.1 Å². The van der Waals surface area contributed by atoms with E-state index in [1.54, 1.807) is 6.21 Å². The summed E-state index contributed by atoms with van der Waals surface area (Å²) in [5.74, 6) is 0.354. The van der Waals surface area contributed by atoms with E-state index in [9.17, 15) is 14.5 Å². The highest BCUT2D eigenvalue weighted by Crippen LogP contribution is 2.41. The number of fused-ring (bicyclic) bond motifs is 2. The van der Waals surface area contributed by atoms with Crippen molar-refractivity contribution in [2.75, 3.05) is 0 Å². The molecule has 1 amide bonds. The van der Waals surface area contributed by atoms with Gasteiger partial charge in [-0.15, -0.1) is 0 Å². The van der Waals surface area contributed by atoms with Gasteiger partial charge < -0.3 is 9.66 Å². The Morgan fingerprint density at radius 3 is 2.72 bits per heavy atom. The first-order valence-electron chi connectivity index (χ1n) is 6.28. The van der Waals surface area contributed by atoms with E-state index in [0.717, 1.165) is 19.3 Å². The maximum Gasteiger partial charge on any atom is 0.408 e. The van der Waals surface area contributed by atoms with Crippen molar-refractivity contribution in [1.29, 1.82) is 0 Å². The topological polar surface area (TPSA) is 76.0 Å². The summed E-state index contributed by atoms with van der Waals surface area (Å²) in [5, 5.41) is 9.22. The normalized spacial score (nSPS) is 33.3. The molecule has 2 rings (SSSR count). The summed E-state index contributed by atoms with van der Waals surface area (Å²) in [7, 11) is 0. The van der Waals surface area contributed by atoms with Crippen molar-refractivity contribution in [3.63, 3.8) is 0 Å². The number of hydrogen-bond acceptors (Lipinski definition) is 3. The van der Waals surface area contributed by atoms with Crippen molar-refractivity contribution < 1.29 is 14.5 Å². The van der Waals surface area contributed by atoms with Crippen LogP contribution in [0.15, 0.2) is 4.40 Å². The Morgan fingerprint density at radius 1 is 1.50 bits per heavy atom. The molecule has 1 N–H and O–H groups in total. The van der Waals surface area contributed by atoms with Gasteiger partial charge in [0.05, 0.1) is 12.3 Å². The molecule has 4 atom stereocenters. The number of rotatable bonds is 2. The van der Waals surface area contributed by atoms with Crippen LogP contribution in [-0.4, -0.2) is 43.7 Å². The Balaban J connectivity index is 2.08. The second-order valence-corrected chi connectivity index (χ2v) is 7.96. The lowest BCUT2D eigenvalue weighted by Crippen LogP contribution is -2.45. The van der Waals surface area contributed by atoms with Gasteiger partial charge in [-0.1, -0.05) is 4.40 Å². The van der Waals surface area contributed by atoms with Gasteiger partial charge in [0, 0.05) is 6.04 Å². The van der Waals surface area contributed by atoms with E-state index in [1.807, 2.05) is 20.8 Å². The molecule has 2 bridgehead atoms. The Kier molecular flexibility index (Phi) is 3.60. The number of carboxylic acid groups (broad SMARTS) is 1. The average Bonchev–Trinajstić information content (AvgIpc) is 2.83. The summed E-state index contributed by atoms with van der Waals surface area (Å²) in [5.41, 5.74) is 0. The summed E-state index contributed by atoms with van der Waals surface area (Å²) in [6, 6.07) is -0.0560. The van der Waals surface area contributed by atoms with Crippen LogP contribution in [-0.2, 0) is 11.4 Å². The molecule has 0 aromatic rings. The van der Waals surface area contributed by atoms with Crippen molar-refractivity contribution in [2.45, 2.75) is 56.9 Å². The molecule has 2 aliphatic rings. The number of likely N-dealkylation sites (tertiary alicyclic amines) is 1. The van der Waals surface area contributed by atoms with Crippen LogP contribution in [0, 0.1) is 5.92 Å². The molecular formula is C12H20N2O3S. The number of nitrogens with zero attached hydrogens (tertiary/aromatic N) is 2. The zero-order valence-electron chi connectivity index (χ0n) is 11.0. The molecule has 0 aromatic heterocycles. The fourth-order valence-corrected chi connectivity index (χ4v) is 3.33. The lowest BCUT2D eigenvalue weighted by Gasteiger charge is -2.30. The lowest BCUT2D eigenvalue weighted by atomic mass is 10.0. The summed E-state index contributed by atoms with van der Waals surface area (Å²) >= 11 is -1.31. The maximum absolute atomic E-state index is 11.9. The van der Waals surface area contributed by atoms with Crippen LogP contribution in [0.25, 0.3) is 0 Å². The SMILES string of the molecule is CC(C)(C)[S+]([O-])/N=C/C1C2CCC(C2)N1C(=O)O. The van der Waals surface area contributed by atoms with Crippen LogP contribution < -0.4 is 0 Å². The standard InChI is InChI=1S/C12H20N2O3S/c1-12(2,3)18(17)13-7-10-8-4-5-9(6-8)14(10)11(15)16/h7-10H,4-6H2,1-3H3,(H,15,16)/b13-7+. The zero-order valence-corrected chi connectivity index (χ0v) is 11.8. The van der Waals surface area contributed by atoms with Crippen LogP contribution in [0.5, 0.6) is 0 Å². The van der Waals surface area contributed by atoms with E-state index in [2.05, 4.69) is 4.40 Å². The highest BCUT2D eigenvalue weighted by atomic mass is 32.2. The summed E-state index contributed by atoms with van der Waals surface area (Å²) in [6.07, 6.45) is 3.63. The molecule has 102 valence electrons. The summed E-state index contributed by atoms with van der Waals surface area (Å²) in [6.45, 7) is 5.57. The number of piperidine rings is 1. The minimum atomic E-state index is -1.31. The summed E-state index contributed by atoms with van der Waals surface area (Å²) < 4.78 is 15.5. The van der Waals surface area contributed by atoms with E-state index in [-0.39, 0.29) is 12.1 Å². The monoisotopic (exact) mass is 272 g/mol. The first kappa shape index (κ1) is 13.7. The number of hydrogen-bond donors (Lipinski definition) is 1. The van der Waals surface area contributed by atoms with Gasteiger partial charge in [-0.3, -0.25) is 4.90 Å². The Hall–Kier alpha value is -0.750. The number of carbonyl (C=O) groups is 1. The third-order valence-electron chi connectivity index (χ3n) is 3.70. The van der Waals surface area contributed by atoms with Crippen LogP contribution in [0.3, 0.4) is 0 Å². The van der Waals surface area contributed by atoms with Crippen molar-refractivity contribution in [3.05, 3.63) is 0 Å². The Morgan fingerprint density at radius 2 is 2.17 bits per heavy atom. The lowest BCUT2D eigenvalue weighted by molar-refractivity contribution is 0.120. The Labute approximate surface area is 111 Å². The van der Waals surface area contributed by atoms with Gasteiger partial charge in [-0.25, -0.2) is 4.79 Å². The fourth-order valence-electron chi connectivity index (χ4n) is 2.78. The Bertz CT molecular complexity index is 367. The van der Waals surface area contributed by atoms with E-state index >= 15 is 0 Å². The molecule has 1 saturated heterocycles. The van der Waals surface area contributed by atoms with Crippen LogP contribution >= 0.6 is 0 Å². The van der Waals surface area contributed by atoms with Gasteiger partial charge >= 0.3 is 6.09 Å². The molecule has 5 nitrogen and oxygen atoms in total. The van der Waals surface area contributed by atoms with E-state index < -0.39 is 22.2 Å². The van der Waals surface area contributed by atoms with Crippen molar-refractivity contribution in [2.24, 2.45) is 10.3 Å². The van der Waals surface area contributed by atoms with E-state index in [1.165, 1.54) is 4.90 Å². The van der Waals surface area contributed by atoms with Gasteiger partial charge in [-0.05, 0) is 46.0 Å². The molecule has 2 fully saturated rings. The quantitative estimate of drug-likeness (QED) is 0.617. The largest absolute Gasteiger partial charge is 0.591 e. The summed E-state index contributed by atoms with van der Waals surface area (Å²) in [4.78, 5) is 12.7. The van der Waals surface area contributed by atoms with Crippen molar-refractivity contribution in [1.82, 2.24) is 4.90 Å². The second-order valence-electron chi connectivity index (χ2n) is 6.02. The predicted molar refractivity (Wildman–Crippen MR) is 71.2 cm³/mol. The van der Waals surface area contributed by atoms with Crippen LogP contribution in [0.1, 0.15) is 40.0 Å². The molecule has 1 heterocycles. The third-order valence-corrected chi connectivity index (χ3v) is 5.06. The molecule has 0 spiro atoms. The third kappa shape index (κ3) is 2.49. The second kappa shape index (κ2) is 4.74. The number of amides is 1. The van der Waals surface area contributed by atoms with Gasteiger partial charge in [0.2, 0.25) is 0 Å². The molecular weight excluding hydrogens is 252 g/mol. The molecule has 6 heteroatoms. The van der Waals surface area contributed by atoms with E-state index in [4.69, 9.17) is 0 Å². The minimum absolute atomic E-state index is 0.132. The van der Waals surface area contributed by atoms with Crippen molar-refractivity contribution in [3.8, 4) is 0 Å². The average molecular weight is 272 g/mol. The van der Waals surface area contributed by atoms with Gasteiger partial charge in [-0.2, -0.15) is 0 Å². The molecule has 0 radical (unpaired) electrons. The molecule has 0 aromatic carbocycles. The van der Waals surface area contributed by atoms with Gasteiger partial charge in [0.25, 0.3) is 0 Å². The minimum Gasteiger partial charge on any atom is -0.591 e. The smallest absolute Gasteiger partial charge is 0.408 e. The zero-order chi connectivity index (χ0) is 13.5. The maximum atomic E-state index is 11.9. The first-order valence-corrected chi connectivity index (χ1v) is 7.39. The van der Waals surface area contributed by atoms with Gasteiger partial charge in [0.15, 0.2) is 0 Å². The molecule has 1 saturated carbocycles. The highest BCUT2D eigenvalue weighted by Gasteiger charge is 2.48. The predicted octanol–water partition coefficient (Wildman–Crippen LogP) is 2.05. The molecule has 1 aliphatic heterocycles.